The normalized spacial score (nSPS) is 9.88. The second-order valence-electron chi connectivity index (χ2n) is 5.08. The molecule has 0 saturated heterocycles. The van der Waals surface area contributed by atoms with Crippen molar-refractivity contribution >= 4 is 12.0 Å². The lowest BCUT2D eigenvalue weighted by Gasteiger charge is -2.09. The molecule has 0 saturated carbocycles. The van der Waals surface area contributed by atoms with Crippen LogP contribution in [-0.2, 0) is 4.79 Å². The van der Waals surface area contributed by atoms with Crippen LogP contribution in [0, 0.1) is 6.92 Å². The highest BCUT2D eigenvalue weighted by atomic mass is 16.6. The molecule has 2 aromatic rings. The van der Waals surface area contributed by atoms with Crippen molar-refractivity contribution in [1.29, 1.82) is 0 Å². The summed E-state index contributed by atoms with van der Waals surface area (Å²) in [5, 5.41) is 5.20. The summed E-state index contributed by atoms with van der Waals surface area (Å²) in [6.45, 7) is 2.46. The lowest BCUT2D eigenvalue weighted by molar-refractivity contribution is -0.123. The summed E-state index contributed by atoms with van der Waals surface area (Å²) in [6.07, 6.45) is -0.564. The topological polar surface area (TPSA) is 76.7 Å². The van der Waals surface area contributed by atoms with Crippen molar-refractivity contribution in [3.8, 4) is 11.5 Å². The van der Waals surface area contributed by atoms with Crippen LogP contribution >= 0.6 is 0 Å². The lowest BCUT2D eigenvalue weighted by atomic mass is 10.2. The molecule has 6 nitrogen and oxygen atoms in total. The van der Waals surface area contributed by atoms with Crippen LogP contribution in [0.25, 0.3) is 0 Å². The molecular weight excluding hydrogens is 308 g/mol. The van der Waals surface area contributed by atoms with Crippen molar-refractivity contribution in [3.05, 3.63) is 60.2 Å². The number of hydrogen-bond acceptors (Lipinski definition) is 4. The van der Waals surface area contributed by atoms with Crippen molar-refractivity contribution < 1.29 is 19.1 Å². The molecule has 0 spiro atoms. The highest BCUT2D eigenvalue weighted by Crippen LogP contribution is 2.11. The molecule has 0 bridgehead atoms. The van der Waals surface area contributed by atoms with Gasteiger partial charge in [0.15, 0.2) is 6.61 Å². The lowest BCUT2D eigenvalue weighted by Crippen LogP contribution is -2.37. The fourth-order valence-electron chi connectivity index (χ4n) is 1.83. The van der Waals surface area contributed by atoms with Gasteiger partial charge >= 0.3 is 6.09 Å². The van der Waals surface area contributed by atoms with Gasteiger partial charge in [-0.2, -0.15) is 0 Å². The number of benzene rings is 2. The van der Waals surface area contributed by atoms with Gasteiger partial charge in [-0.05, 0) is 31.2 Å². The van der Waals surface area contributed by atoms with Crippen LogP contribution < -0.4 is 20.1 Å². The third-order valence-corrected chi connectivity index (χ3v) is 3.06. The van der Waals surface area contributed by atoms with E-state index in [1.807, 2.05) is 37.3 Å². The number of hydrogen-bond donors (Lipinski definition) is 2. The first-order valence-electron chi connectivity index (χ1n) is 7.60. The molecule has 0 aliphatic rings. The minimum absolute atomic E-state index is 0.0719. The van der Waals surface area contributed by atoms with E-state index in [-0.39, 0.29) is 19.1 Å². The van der Waals surface area contributed by atoms with E-state index in [0.717, 1.165) is 5.56 Å². The first-order valence-corrected chi connectivity index (χ1v) is 7.60. The van der Waals surface area contributed by atoms with Gasteiger partial charge < -0.3 is 20.1 Å². The third kappa shape index (κ3) is 6.39. The standard InChI is InChI=1S/C18H20N2O4/c1-14-7-9-15(10-8-14)23-13-17(21)19-11-12-20-18(22)24-16-5-3-2-4-6-16/h2-10H,11-13H2,1H3,(H,19,21)(H,20,22). The van der Waals surface area contributed by atoms with E-state index in [2.05, 4.69) is 10.6 Å². The van der Waals surface area contributed by atoms with Crippen LogP contribution in [0.3, 0.4) is 0 Å². The Balaban J connectivity index is 1.57. The number of nitrogens with one attached hydrogen (secondary N) is 2. The fourth-order valence-corrected chi connectivity index (χ4v) is 1.83. The zero-order chi connectivity index (χ0) is 17.2. The molecule has 24 heavy (non-hydrogen) atoms. The molecule has 0 aliphatic carbocycles. The predicted octanol–water partition coefficient (Wildman–Crippen LogP) is 2.28. The van der Waals surface area contributed by atoms with E-state index >= 15 is 0 Å². The summed E-state index contributed by atoms with van der Waals surface area (Å²) in [5.41, 5.74) is 1.13. The third-order valence-electron chi connectivity index (χ3n) is 3.06. The minimum atomic E-state index is -0.564. The van der Waals surface area contributed by atoms with Crippen LogP contribution in [0.15, 0.2) is 54.6 Å². The Morgan fingerprint density at radius 2 is 1.54 bits per heavy atom. The maximum atomic E-state index is 11.6. The summed E-state index contributed by atoms with van der Waals surface area (Å²) in [6, 6.07) is 16.2. The summed E-state index contributed by atoms with van der Waals surface area (Å²) in [7, 11) is 0. The number of carbonyl (C=O) groups is 2. The van der Waals surface area contributed by atoms with Crippen LogP contribution in [-0.4, -0.2) is 31.7 Å². The van der Waals surface area contributed by atoms with Gasteiger partial charge in [0.25, 0.3) is 5.91 Å². The van der Waals surface area contributed by atoms with Crippen LogP contribution in [0.1, 0.15) is 5.56 Å². The number of aryl methyl sites for hydroxylation is 1. The molecule has 0 aliphatic heterocycles. The second kappa shape index (κ2) is 9.19. The van der Waals surface area contributed by atoms with Crippen LogP contribution in [0.2, 0.25) is 0 Å². The van der Waals surface area contributed by atoms with Crippen molar-refractivity contribution in [2.24, 2.45) is 0 Å². The highest BCUT2D eigenvalue weighted by molar-refractivity contribution is 5.77. The van der Waals surface area contributed by atoms with Gasteiger partial charge in [-0.1, -0.05) is 35.9 Å². The van der Waals surface area contributed by atoms with E-state index in [4.69, 9.17) is 9.47 Å². The second-order valence-corrected chi connectivity index (χ2v) is 5.08. The molecule has 2 aromatic carbocycles. The average molecular weight is 328 g/mol. The zero-order valence-electron chi connectivity index (χ0n) is 13.5. The van der Waals surface area contributed by atoms with Gasteiger partial charge in [-0.15, -0.1) is 0 Å². The first kappa shape index (κ1) is 17.3. The predicted molar refractivity (Wildman–Crippen MR) is 90.2 cm³/mol. The molecule has 2 rings (SSSR count). The number of carbonyl (C=O) groups excluding carboxylic acids is 2. The molecule has 0 heterocycles. The minimum Gasteiger partial charge on any atom is -0.484 e. The number of para-hydroxylation sites is 1. The van der Waals surface area contributed by atoms with E-state index in [1.54, 1.807) is 24.3 Å². The Bertz CT molecular complexity index is 656. The van der Waals surface area contributed by atoms with Gasteiger partial charge in [0.1, 0.15) is 11.5 Å². The maximum Gasteiger partial charge on any atom is 0.412 e. The average Bonchev–Trinajstić information content (AvgIpc) is 2.59. The number of ether oxygens (including phenoxy) is 2. The molecule has 0 aromatic heterocycles. The molecule has 0 fully saturated rings. The van der Waals surface area contributed by atoms with Crippen molar-refractivity contribution in [3.63, 3.8) is 0 Å². The first-order chi connectivity index (χ1) is 11.6. The zero-order valence-corrected chi connectivity index (χ0v) is 13.5. The van der Waals surface area contributed by atoms with Crippen molar-refractivity contribution in [1.82, 2.24) is 10.6 Å². The van der Waals surface area contributed by atoms with E-state index in [1.165, 1.54) is 0 Å². The maximum absolute atomic E-state index is 11.6. The smallest absolute Gasteiger partial charge is 0.412 e. The molecule has 6 heteroatoms. The Kier molecular flexibility index (Phi) is 6.64. The van der Waals surface area contributed by atoms with Crippen LogP contribution in [0.4, 0.5) is 4.79 Å². The molecule has 2 amide bonds. The van der Waals surface area contributed by atoms with Crippen molar-refractivity contribution in [2.45, 2.75) is 6.92 Å². The SMILES string of the molecule is Cc1ccc(OCC(=O)NCCNC(=O)Oc2ccccc2)cc1. The Hall–Kier alpha value is -3.02. The van der Waals surface area contributed by atoms with Gasteiger partial charge in [0.05, 0.1) is 0 Å². The van der Waals surface area contributed by atoms with Crippen LogP contribution in [0.5, 0.6) is 11.5 Å². The summed E-state index contributed by atoms with van der Waals surface area (Å²) >= 11 is 0. The Morgan fingerprint density at radius 3 is 2.25 bits per heavy atom. The van der Waals surface area contributed by atoms with E-state index < -0.39 is 6.09 Å². The van der Waals surface area contributed by atoms with E-state index in [0.29, 0.717) is 18.0 Å². The Labute approximate surface area is 140 Å². The van der Waals surface area contributed by atoms with Gasteiger partial charge in [-0.3, -0.25) is 4.79 Å². The molecule has 0 radical (unpaired) electrons. The highest BCUT2D eigenvalue weighted by Gasteiger charge is 2.05. The number of amides is 2. The van der Waals surface area contributed by atoms with Gasteiger partial charge in [0.2, 0.25) is 0 Å². The fraction of sp³-hybridized carbons (Fsp3) is 0.222. The van der Waals surface area contributed by atoms with Crippen molar-refractivity contribution in [2.75, 3.05) is 19.7 Å². The molecule has 0 atom stereocenters. The molecule has 0 unspecified atom stereocenters. The van der Waals surface area contributed by atoms with Gasteiger partial charge in [-0.25, -0.2) is 4.79 Å². The van der Waals surface area contributed by atoms with E-state index in [9.17, 15) is 9.59 Å². The Morgan fingerprint density at radius 1 is 0.875 bits per heavy atom. The molecular formula is C18H20N2O4. The van der Waals surface area contributed by atoms with Gasteiger partial charge in [0, 0.05) is 13.1 Å². The molecule has 126 valence electrons. The summed E-state index contributed by atoms with van der Waals surface area (Å²) in [4.78, 5) is 23.2. The molecule has 2 N–H and O–H groups in total. The monoisotopic (exact) mass is 328 g/mol. The summed E-state index contributed by atoms with van der Waals surface area (Å²) in [5.74, 6) is 0.847. The summed E-state index contributed by atoms with van der Waals surface area (Å²) < 4.78 is 10.4. The quantitative estimate of drug-likeness (QED) is 0.765. The largest absolute Gasteiger partial charge is 0.484 e. The number of rotatable bonds is 7.